The molecule has 1 aliphatic heterocycles. The predicted molar refractivity (Wildman–Crippen MR) is 96.8 cm³/mol. The SMILES string of the molecule is Cc1nc2c(C3CCOCC3)cnn2c(NCc2ccccn2)c1C. The van der Waals surface area contributed by atoms with E-state index in [1.54, 1.807) is 0 Å². The summed E-state index contributed by atoms with van der Waals surface area (Å²) in [6.07, 6.45) is 5.86. The molecule has 0 atom stereocenters. The van der Waals surface area contributed by atoms with Crippen LogP contribution in [0, 0.1) is 13.8 Å². The van der Waals surface area contributed by atoms with Gasteiger partial charge in [0.05, 0.1) is 18.4 Å². The van der Waals surface area contributed by atoms with E-state index in [2.05, 4.69) is 29.2 Å². The maximum Gasteiger partial charge on any atom is 0.161 e. The quantitative estimate of drug-likeness (QED) is 0.792. The molecule has 0 aliphatic carbocycles. The van der Waals surface area contributed by atoms with Crippen LogP contribution in [0.5, 0.6) is 0 Å². The Hall–Kier alpha value is -2.47. The van der Waals surface area contributed by atoms with Gasteiger partial charge < -0.3 is 10.1 Å². The summed E-state index contributed by atoms with van der Waals surface area (Å²) in [5.41, 5.74) is 5.34. The average Bonchev–Trinajstić information content (AvgIpc) is 3.07. The number of hydrogen-bond donors (Lipinski definition) is 1. The number of aryl methyl sites for hydroxylation is 1. The highest BCUT2D eigenvalue weighted by molar-refractivity contribution is 5.59. The molecule has 3 aromatic heterocycles. The van der Waals surface area contributed by atoms with Crippen LogP contribution in [0.2, 0.25) is 0 Å². The Morgan fingerprint density at radius 1 is 1.24 bits per heavy atom. The molecule has 4 rings (SSSR count). The lowest BCUT2D eigenvalue weighted by Gasteiger charge is -2.21. The number of aromatic nitrogens is 4. The number of fused-ring (bicyclic) bond motifs is 1. The van der Waals surface area contributed by atoms with Gasteiger partial charge >= 0.3 is 0 Å². The minimum atomic E-state index is 0.476. The maximum absolute atomic E-state index is 5.50. The van der Waals surface area contributed by atoms with E-state index in [9.17, 15) is 0 Å². The van der Waals surface area contributed by atoms with Crippen molar-refractivity contribution < 1.29 is 4.74 Å². The van der Waals surface area contributed by atoms with Gasteiger partial charge in [-0.3, -0.25) is 4.98 Å². The normalized spacial score (nSPS) is 15.6. The average molecular weight is 337 g/mol. The molecule has 1 aliphatic rings. The van der Waals surface area contributed by atoms with E-state index in [1.807, 2.05) is 35.1 Å². The first kappa shape index (κ1) is 16.0. The summed E-state index contributed by atoms with van der Waals surface area (Å²) in [7, 11) is 0. The molecule has 0 amide bonds. The van der Waals surface area contributed by atoms with Gasteiger partial charge in [-0.15, -0.1) is 0 Å². The van der Waals surface area contributed by atoms with E-state index in [0.29, 0.717) is 12.5 Å². The van der Waals surface area contributed by atoms with Gasteiger partial charge in [-0.1, -0.05) is 6.07 Å². The molecule has 0 bridgehead atoms. The van der Waals surface area contributed by atoms with Gasteiger partial charge in [-0.25, -0.2) is 4.98 Å². The summed E-state index contributed by atoms with van der Waals surface area (Å²) in [5, 5.41) is 8.14. The van der Waals surface area contributed by atoms with E-state index in [1.165, 1.54) is 5.56 Å². The van der Waals surface area contributed by atoms with E-state index < -0.39 is 0 Å². The third kappa shape index (κ3) is 3.09. The first-order valence-corrected chi connectivity index (χ1v) is 8.80. The second-order valence-corrected chi connectivity index (χ2v) is 6.57. The summed E-state index contributed by atoms with van der Waals surface area (Å²) < 4.78 is 7.44. The fraction of sp³-hybridized carbons (Fsp3) is 0.421. The second-order valence-electron chi connectivity index (χ2n) is 6.57. The third-order valence-corrected chi connectivity index (χ3v) is 4.98. The van der Waals surface area contributed by atoms with Crippen LogP contribution in [-0.2, 0) is 11.3 Å². The summed E-state index contributed by atoms with van der Waals surface area (Å²) in [6, 6.07) is 5.95. The van der Waals surface area contributed by atoms with Crippen LogP contribution >= 0.6 is 0 Å². The van der Waals surface area contributed by atoms with Crippen LogP contribution in [0.15, 0.2) is 30.6 Å². The van der Waals surface area contributed by atoms with Gasteiger partial charge in [0.25, 0.3) is 0 Å². The van der Waals surface area contributed by atoms with E-state index in [-0.39, 0.29) is 0 Å². The predicted octanol–water partition coefficient (Wildman–Crippen LogP) is 3.25. The van der Waals surface area contributed by atoms with E-state index >= 15 is 0 Å². The smallest absolute Gasteiger partial charge is 0.161 e. The molecular weight excluding hydrogens is 314 g/mol. The van der Waals surface area contributed by atoms with Crippen molar-refractivity contribution in [3.8, 4) is 0 Å². The van der Waals surface area contributed by atoms with Gasteiger partial charge in [0.2, 0.25) is 0 Å². The molecule has 1 N–H and O–H groups in total. The molecule has 4 heterocycles. The minimum absolute atomic E-state index is 0.476. The number of anilines is 1. The van der Waals surface area contributed by atoms with Crippen molar-refractivity contribution in [3.05, 3.63) is 53.1 Å². The van der Waals surface area contributed by atoms with Gasteiger partial charge in [-0.2, -0.15) is 9.61 Å². The molecule has 130 valence electrons. The summed E-state index contributed by atoms with van der Waals surface area (Å²) in [4.78, 5) is 9.21. The molecule has 0 saturated carbocycles. The molecular formula is C19H23N5O. The van der Waals surface area contributed by atoms with Crippen molar-refractivity contribution in [1.29, 1.82) is 0 Å². The Morgan fingerprint density at radius 2 is 2.08 bits per heavy atom. The zero-order valence-electron chi connectivity index (χ0n) is 14.7. The molecule has 1 fully saturated rings. The third-order valence-electron chi connectivity index (χ3n) is 4.98. The lowest BCUT2D eigenvalue weighted by Crippen LogP contribution is -2.15. The molecule has 6 nitrogen and oxygen atoms in total. The summed E-state index contributed by atoms with van der Waals surface area (Å²) in [5.74, 6) is 1.47. The number of hydrogen-bond acceptors (Lipinski definition) is 5. The van der Waals surface area contributed by atoms with E-state index in [0.717, 1.165) is 54.5 Å². The van der Waals surface area contributed by atoms with Crippen molar-refractivity contribution in [1.82, 2.24) is 19.6 Å². The summed E-state index contributed by atoms with van der Waals surface area (Å²) >= 11 is 0. The number of rotatable bonds is 4. The Balaban J connectivity index is 1.70. The molecule has 3 aromatic rings. The van der Waals surface area contributed by atoms with Crippen LogP contribution in [0.3, 0.4) is 0 Å². The largest absolute Gasteiger partial charge is 0.381 e. The van der Waals surface area contributed by atoms with Crippen molar-refractivity contribution in [2.24, 2.45) is 0 Å². The van der Waals surface area contributed by atoms with Crippen molar-refractivity contribution >= 4 is 11.5 Å². The van der Waals surface area contributed by atoms with Gasteiger partial charge in [0.15, 0.2) is 5.65 Å². The van der Waals surface area contributed by atoms with Crippen LogP contribution < -0.4 is 5.32 Å². The molecule has 0 unspecified atom stereocenters. The minimum Gasteiger partial charge on any atom is -0.381 e. The first-order valence-electron chi connectivity index (χ1n) is 8.80. The highest BCUT2D eigenvalue weighted by atomic mass is 16.5. The van der Waals surface area contributed by atoms with E-state index in [4.69, 9.17) is 9.72 Å². The lowest BCUT2D eigenvalue weighted by atomic mass is 9.94. The van der Waals surface area contributed by atoms with Crippen LogP contribution in [-0.4, -0.2) is 32.8 Å². The van der Waals surface area contributed by atoms with Crippen LogP contribution in [0.4, 0.5) is 5.82 Å². The Morgan fingerprint density at radius 3 is 2.84 bits per heavy atom. The monoisotopic (exact) mass is 337 g/mol. The first-order chi connectivity index (χ1) is 12.2. The maximum atomic E-state index is 5.50. The Kier molecular flexibility index (Phi) is 4.36. The summed E-state index contributed by atoms with van der Waals surface area (Å²) in [6.45, 7) is 6.43. The molecule has 6 heteroatoms. The topological polar surface area (TPSA) is 64.3 Å². The lowest BCUT2D eigenvalue weighted by molar-refractivity contribution is 0.0855. The Labute approximate surface area is 147 Å². The molecule has 0 radical (unpaired) electrons. The van der Waals surface area contributed by atoms with Crippen LogP contribution in [0.1, 0.15) is 41.3 Å². The van der Waals surface area contributed by atoms with Gasteiger partial charge in [0.1, 0.15) is 5.82 Å². The number of nitrogens with one attached hydrogen (secondary N) is 1. The van der Waals surface area contributed by atoms with Gasteiger partial charge in [-0.05, 0) is 44.7 Å². The van der Waals surface area contributed by atoms with Crippen molar-refractivity contribution in [3.63, 3.8) is 0 Å². The fourth-order valence-electron chi connectivity index (χ4n) is 3.38. The second kappa shape index (κ2) is 6.80. The highest BCUT2D eigenvalue weighted by Gasteiger charge is 2.22. The van der Waals surface area contributed by atoms with Crippen molar-refractivity contribution in [2.75, 3.05) is 18.5 Å². The zero-order chi connectivity index (χ0) is 17.2. The number of nitrogens with zero attached hydrogens (tertiary/aromatic N) is 4. The molecule has 25 heavy (non-hydrogen) atoms. The molecule has 1 saturated heterocycles. The van der Waals surface area contributed by atoms with Crippen LogP contribution in [0.25, 0.3) is 5.65 Å². The zero-order valence-corrected chi connectivity index (χ0v) is 14.7. The number of ether oxygens (including phenoxy) is 1. The molecule has 0 aromatic carbocycles. The number of pyridine rings is 1. The van der Waals surface area contributed by atoms with Gasteiger partial charge in [0, 0.05) is 36.2 Å². The standard InChI is InChI=1S/C19H23N5O/c1-13-14(2)23-19-17(15-6-9-25-10-7-15)12-22-24(19)18(13)21-11-16-5-3-4-8-20-16/h3-5,8,12,15,21H,6-7,9-11H2,1-2H3. The fourth-order valence-corrected chi connectivity index (χ4v) is 3.38. The highest BCUT2D eigenvalue weighted by Crippen LogP contribution is 2.31. The Bertz CT molecular complexity index is 868. The molecule has 0 spiro atoms. The van der Waals surface area contributed by atoms with Crippen molar-refractivity contribution in [2.45, 2.75) is 39.2 Å².